The van der Waals surface area contributed by atoms with Crippen molar-refractivity contribution in [1.82, 2.24) is 14.8 Å². The van der Waals surface area contributed by atoms with E-state index in [4.69, 9.17) is 16.3 Å². The summed E-state index contributed by atoms with van der Waals surface area (Å²) < 4.78 is 5.59. The third kappa shape index (κ3) is 3.80. The standard InChI is InChI=1S/C23H22ClN3O2/c24-22-6-3-17-14-19(2-4-20(17)25-22)23(28)27-10-8-26(9-11-27)15-16-1-5-21-18(13-16)7-12-29-21/h1-6,13-14H,7-12,15H2. The van der Waals surface area contributed by atoms with Crippen LogP contribution in [-0.4, -0.2) is 53.5 Å². The molecule has 0 spiro atoms. The number of hydrogen-bond donors (Lipinski definition) is 0. The largest absolute Gasteiger partial charge is 0.493 e. The molecule has 2 aromatic carbocycles. The van der Waals surface area contributed by atoms with Crippen LogP contribution in [0.5, 0.6) is 5.75 Å². The fourth-order valence-electron chi connectivity index (χ4n) is 4.12. The SMILES string of the molecule is O=C(c1ccc2nc(Cl)ccc2c1)N1CCN(Cc2ccc3c(c2)CCO3)CC1. The second kappa shape index (κ2) is 7.65. The van der Waals surface area contributed by atoms with Crippen molar-refractivity contribution in [1.29, 1.82) is 0 Å². The molecule has 148 valence electrons. The van der Waals surface area contributed by atoms with E-state index < -0.39 is 0 Å². The van der Waals surface area contributed by atoms with Crippen LogP contribution in [0.1, 0.15) is 21.5 Å². The number of hydrogen-bond acceptors (Lipinski definition) is 4. The number of piperazine rings is 1. The van der Waals surface area contributed by atoms with Gasteiger partial charge in [-0.2, -0.15) is 0 Å². The molecule has 3 heterocycles. The normalized spacial score (nSPS) is 16.7. The molecule has 1 aromatic heterocycles. The van der Waals surface area contributed by atoms with Gasteiger partial charge in [0.1, 0.15) is 10.9 Å². The van der Waals surface area contributed by atoms with Crippen molar-refractivity contribution in [2.75, 3.05) is 32.8 Å². The number of pyridine rings is 1. The summed E-state index contributed by atoms with van der Waals surface area (Å²) in [6.45, 7) is 4.94. The lowest BCUT2D eigenvalue weighted by Gasteiger charge is -2.35. The number of fused-ring (bicyclic) bond motifs is 2. The third-order valence-corrected chi connectivity index (χ3v) is 5.93. The summed E-state index contributed by atoms with van der Waals surface area (Å²) in [5.41, 5.74) is 4.13. The van der Waals surface area contributed by atoms with Gasteiger partial charge in [-0.05, 0) is 47.5 Å². The van der Waals surface area contributed by atoms with Gasteiger partial charge in [-0.25, -0.2) is 4.98 Å². The molecule has 0 radical (unpaired) electrons. The maximum Gasteiger partial charge on any atom is 0.253 e. The van der Waals surface area contributed by atoms with Crippen LogP contribution in [-0.2, 0) is 13.0 Å². The minimum Gasteiger partial charge on any atom is -0.493 e. The first kappa shape index (κ1) is 18.4. The lowest BCUT2D eigenvalue weighted by atomic mass is 10.1. The zero-order valence-corrected chi connectivity index (χ0v) is 16.9. The average molecular weight is 408 g/mol. The van der Waals surface area contributed by atoms with E-state index in [1.54, 1.807) is 6.07 Å². The zero-order valence-electron chi connectivity index (χ0n) is 16.1. The van der Waals surface area contributed by atoms with E-state index in [2.05, 4.69) is 28.1 Å². The van der Waals surface area contributed by atoms with Crippen molar-refractivity contribution in [3.05, 3.63) is 70.4 Å². The Morgan fingerprint density at radius 3 is 2.76 bits per heavy atom. The van der Waals surface area contributed by atoms with Crippen molar-refractivity contribution in [2.24, 2.45) is 0 Å². The van der Waals surface area contributed by atoms with Gasteiger partial charge in [0, 0.05) is 50.1 Å². The molecule has 2 aliphatic heterocycles. The molecule has 1 fully saturated rings. The quantitative estimate of drug-likeness (QED) is 0.620. The van der Waals surface area contributed by atoms with Crippen LogP contribution in [0.2, 0.25) is 5.15 Å². The lowest BCUT2D eigenvalue weighted by Crippen LogP contribution is -2.48. The predicted molar refractivity (Wildman–Crippen MR) is 114 cm³/mol. The van der Waals surface area contributed by atoms with Gasteiger partial charge in [-0.3, -0.25) is 9.69 Å². The Hall–Kier alpha value is -2.63. The highest BCUT2D eigenvalue weighted by Crippen LogP contribution is 2.26. The average Bonchev–Trinajstić information content (AvgIpc) is 3.21. The van der Waals surface area contributed by atoms with Gasteiger partial charge in [0.15, 0.2) is 0 Å². The van der Waals surface area contributed by atoms with Crippen molar-refractivity contribution >= 4 is 28.4 Å². The summed E-state index contributed by atoms with van der Waals surface area (Å²) in [6, 6.07) is 15.8. The monoisotopic (exact) mass is 407 g/mol. The van der Waals surface area contributed by atoms with Crippen LogP contribution < -0.4 is 4.74 Å². The molecule has 29 heavy (non-hydrogen) atoms. The number of carbonyl (C=O) groups excluding carboxylic acids is 1. The van der Waals surface area contributed by atoms with E-state index in [9.17, 15) is 4.79 Å². The van der Waals surface area contributed by atoms with Crippen LogP contribution in [0, 0.1) is 0 Å². The summed E-state index contributed by atoms with van der Waals surface area (Å²) in [6.07, 6.45) is 0.999. The minimum atomic E-state index is 0.0798. The molecule has 0 bridgehead atoms. The summed E-state index contributed by atoms with van der Waals surface area (Å²) in [5, 5.41) is 1.39. The summed E-state index contributed by atoms with van der Waals surface area (Å²) in [4.78, 5) is 21.6. The van der Waals surface area contributed by atoms with Crippen molar-refractivity contribution in [3.63, 3.8) is 0 Å². The molecular formula is C23H22ClN3O2. The van der Waals surface area contributed by atoms with E-state index >= 15 is 0 Å². The van der Waals surface area contributed by atoms with Crippen LogP contribution in [0.15, 0.2) is 48.5 Å². The predicted octanol–water partition coefficient (Wildman–Crippen LogP) is 3.78. The Bertz CT molecular complexity index is 1080. The van der Waals surface area contributed by atoms with E-state index in [0.29, 0.717) is 10.7 Å². The fourth-order valence-corrected chi connectivity index (χ4v) is 4.28. The van der Waals surface area contributed by atoms with E-state index in [0.717, 1.165) is 62.4 Å². The molecule has 3 aromatic rings. The number of rotatable bonds is 3. The third-order valence-electron chi connectivity index (χ3n) is 5.72. The molecular weight excluding hydrogens is 386 g/mol. The summed E-state index contributed by atoms with van der Waals surface area (Å²) >= 11 is 5.94. The Kier molecular flexibility index (Phi) is 4.86. The second-order valence-corrected chi connectivity index (χ2v) is 8.04. The molecule has 0 atom stereocenters. The maximum atomic E-state index is 13.0. The molecule has 0 saturated carbocycles. The van der Waals surface area contributed by atoms with Crippen molar-refractivity contribution in [3.8, 4) is 5.75 Å². The van der Waals surface area contributed by atoms with Gasteiger partial charge >= 0.3 is 0 Å². The molecule has 5 rings (SSSR count). The van der Waals surface area contributed by atoms with Crippen LogP contribution in [0.3, 0.4) is 0 Å². The van der Waals surface area contributed by atoms with Crippen LogP contribution >= 0.6 is 11.6 Å². The van der Waals surface area contributed by atoms with Gasteiger partial charge in [0.25, 0.3) is 5.91 Å². The number of ether oxygens (including phenoxy) is 1. The maximum absolute atomic E-state index is 13.0. The van der Waals surface area contributed by atoms with Gasteiger partial charge in [-0.1, -0.05) is 23.7 Å². The first-order chi connectivity index (χ1) is 14.2. The zero-order chi connectivity index (χ0) is 19.8. The molecule has 0 unspecified atom stereocenters. The highest BCUT2D eigenvalue weighted by atomic mass is 35.5. The molecule has 5 nitrogen and oxygen atoms in total. The van der Waals surface area contributed by atoms with Gasteiger partial charge < -0.3 is 9.64 Å². The number of halogens is 1. The first-order valence-corrected chi connectivity index (χ1v) is 10.4. The smallest absolute Gasteiger partial charge is 0.253 e. The van der Waals surface area contributed by atoms with Crippen LogP contribution in [0.4, 0.5) is 0 Å². The fraction of sp³-hybridized carbons (Fsp3) is 0.304. The Labute approximate surface area is 174 Å². The molecule has 2 aliphatic rings. The van der Waals surface area contributed by atoms with Crippen molar-refractivity contribution < 1.29 is 9.53 Å². The number of amides is 1. The highest BCUT2D eigenvalue weighted by molar-refractivity contribution is 6.29. The first-order valence-electron chi connectivity index (χ1n) is 9.98. The van der Waals surface area contributed by atoms with Gasteiger partial charge in [0.2, 0.25) is 0 Å². The topological polar surface area (TPSA) is 45.7 Å². The van der Waals surface area contributed by atoms with Gasteiger partial charge in [0.05, 0.1) is 12.1 Å². The number of carbonyl (C=O) groups is 1. The van der Waals surface area contributed by atoms with E-state index in [1.807, 2.05) is 29.2 Å². The lowest BCUT2D eigenvalue weighted by molar-refractivity contribution is 0.0628. The second-order valence-electron chi connectivity index (χ2n) is 7.65. The molecule has 6 heteroatoms. The van der Waals surface area contributed by atoms with Gasteiger partial charge in [-0.15, -0.1) is 0 Å². The van der Waals surface area contributed by atoms with Crippen molar-refractivity contribution in [2.45, 2.75) is 13.0 Å². The highest BCUT2D eigenvalue weighted by Gasteiger charge is 2.23. The van der Waals surface area contributed by atoms with E-state index in [-0.39, 0.29) is 5.91 Å². The van der Waals surface area contributed by atoms with Crippen LogP contribution in [0.25, 0.3) is 10.9 Å². The number of aromatic nitrogens is 1. The number of nitrogens with zero attached hydrogens (tertiary/aromatic N) is 3. The molecule has 0 aliphatic carbocycles. The summed E-state index contributed by atoms with van der Waals surface area (Å²) in [7, 11) is 0. The minimum absolute atomic E-state index is 0.0798. The molecule has 1 saturated heterocycles. The number of benzene rings is 2. The Morgan fingerprint density at radius 1 is 1.03 bits per heavy atom. The molecule has 0 N–H and O–H groups in total. The van der Waals surface area contributed by atoms with E-state index in [1.165, 1.54) is 11.1 Å². The summed E-state index contributed by atoms with van der Waals surface area (Å²) in [5.74, 6) is 1.10. The Balaban J connectivity index is 1.22. The molecule has 1 amide bonds. The Morgan fingerprint density at radius 2 is 1.90 bits per heavy atom.